The molecule has 21 heavy (non-hydrogen) atoms. The number of aromatic nitrogens is 1. The molecule has 0 aromatic carbocycles. The average molecular weight is 303 g/mol. The Morgan fingerprint density at radius 1 is 1.43 bits per heavy atom. The molecule has 1 heterocycles. The first-order valence-corrected chi connectivity index (χ1v) is 7.13. The summed E-state index contributed by atoms with van der Waals surface area (Å²) < 4.78 is 38.3. The van der Waals surface area contributed by atoms with Crippen molar-refractivity contribution in [3.63, 3.8) is 0 Å². The van der Waals surface area contributed by atoms with Gasteiger partial charge in [0.2, 0.25) is 0 Å². The van der Waals surface area contributed by atoms with Crippen molar-refractivity contribution in [3.8, 4) is 0 Å². The Labute approximate surface area is 121 Å². The zero-order valence-corrected chi connectivity index (χ0v) is 11.7. The Hall–Kier alpha value is -1.50. The van der Waals surface area contributed by atoms with Crippen molar-refractivity contribution in [3.05, 3.63) is 24.0 Å². The van der Waals surface area contributed by atoms with Crippen LogP contribution in [0.3, 0.4) is 0 Å². The van der Waals surface area contributed by atoms with Crippen LogP contribution in [0.15, 0.2) is 18.3 Å². The van der Waals surface area contributed by atoms with Crippen molar-refractivity contribution in [1.29, 1.82) is 0 Å². The van der Waals surface area contributed by atoms with E-state index in [0.717, 1.165) is 30.3 Å². The first-order valence-electron chi connectivity index (χ1n) is 7.13. The van der Waals surface area contributed by atoms with E-state index < -0.39 is 18.6 Å². The number of nitrogens with one attached hydrogen (secondary N) is 1. The Balaban J connectivity index is 2.04. The van der Waals surface area contributed by atoms with Crippen LogP contribution >= 0.6 is 0 Å². The second-order valence-electron chi connectivity index (χ2n) is 5.50. The Kier molecular flexibility index (Phi) is 4.92. The van der Waals surface area contributed by atoms with Gasteiger partial charge in [0.05, 0.1) is 0 Å². The molecule has 7 heteroatoms. The van der Waals surface area contributed by atoms with Crippen molar-refractivity contribution in [2.24, 2.45) is 11.7 Å². The van der Waals surface area contributed by atoms with Gasteiger partial charge in [-0.25, -0.2) is 0 Å². The zero-order valence-electron chi connectivity index (χ0n) is 11.7. The lowest BCUT2D eigenvalue weighted by Gasteiger charge is -2.23. The van der Waals surface area contributed by atoms with Gasteiger partial charge >= 0.3 is 6.18 Å². The SMILES string of the molecule is NCC(NC(=O)c1cccn1CC(F)(F)F)C1CCCC1. The van der Waals surface area contributed by atoms with Crippen LogP contribution in [-0.2, 0) is 6.54 Å². The van der Waals surface area contributed by atoms with E-state index in [1.807, 2.05) is 0 Å². The molecule has 0 aliphatic heterocycles. The van der Waals surface area contributed by atoms with Gasteiger partial charge in [-0.1, -0.05) is 12.8 Å². The fourth-order valence-corrected chi connectivity index (χ4v) is 2.92. The summed E-state index contributed by atoms with van der Waals surface area (Å²) in [4.78, 5) is 12.2. The number of nitrogens with zero attached hydrogens (tertiary/aromatic N) is 1. The molecule has 0 spiro atoms. The number of hydrogen-bond acceptors (Lipinski definition) is 2. The molecule has 0 saturated heterocycles. The number of nitrogens with two attached hydrogens (primary N) is 1. The number of alkyl halides is 3. The van der Waals surface area contributed by atoms with Crippen molar-refractivity contribution >= 4 is 5.91 Å². The Bertz CT molecular complexity index is 478. The topological polar surface area (TPSA) is 60.0 Å². The van der Waals surface area contributed by atoms with Gasteiger partial charge in [-0.15, -0.1) is 0 Å². The number of carbonyl (C=O) groups excluding carboxylic acids is 1. The minimum absolute atomic E-state index is 0.0174. The maximum absolute atomic E-state index is 12.5. The standard InChI is InChI=1S/C14H20F3N3O/c15-14(16,17)9-20-7-3-6-12(20)13(21)19-11(8-18)10-4-1-2-5-10/h3,6-7,10-11H,1-2,4-5,8-9,18H2,(H,19,21). The summed E-state index contributed by atoms with van der Waals surface area (Å²) in [7, 11) is 0. The van der Waals surface area contributed by atoms with Crippen LogP contribution in [0, 0.1) is 5.92 Å². The lowest BCUT2D eigenvalue weighted by Crippen LogP contribution is -2.45. The smallest absolute Gasteiger partial charge is 0.346 e. The quantitative estimate of drug-likeness (QED) is 0.877. The van der Waals surface area contributed by atoms with Gasteiger partial charge in [0.1, 0.15) is 12.2 Å². The molecular formula is C14H20F3N3O. The molecule has 118 valence electrons. The molecule has 1 unspecified atom stereocenters. The maximum Gasteiger partial charge on any atom is 0.406 e. The fourth-order valence-electron chi connectivity index (χ4n) is 2.92. The molecule has 1 atom stereocenters. The number of carbonyl (C=O) groups is 1. The van der Waals surface area contributed by atoms with E-state index in [0.29, 0.717) is 12.5 Å². The van der Waals surface area contributed by atoms with Crippen molar-refractivity contribution in [2.45, 2.75) is 44.4 Å². The average Bonchev–Trinajstić information content (AvgIpc) is 3.04. The molecular weight excluding hydrogens is 283 g/mol. The van der Waals surface area contributed by atoms with E-state index in [1.165, 1.54) is 18.3 Å². The van der Waals surface area contributed by atoms with Crippen molar-refractivity contribution < 1.29 is 18.0 Å². The van der Waals surface area contributed by atoms with Gasteiger partial charge in [0.15, 0.2) is 0 Å². The molecule has 1 aliphatic carbocycles. The summed E-state index contributed by atoms with van der Waals surface area (Å²) in [5, 5.41) is 2.79. The summed E-state index contributed by atoms with van der Waals surface area (Å²) in [6.45, 7) is -0.865. The molecule has 1 fully saturated rings. The van der Waals surface area contributed by atoms with Gasteiger partial charge in [0, 0.05) is 18.8 Å². The molecule has 3 N–H and O–H groups in total. The number of amides is 1. The van der Waals surface area contributed by atoms with Crippen LogP contribution in [0.5, 0.6) is 0 Å². The van der Waals surface area contributed by atoms with Gasteiger partial charge in [-0.3, -0.25) is 4.79 Å². The Morgan fingerprint density at radius 3 is 2.67 bits per heavy atom. The van der Waals surface area contributed by atoms with Crippen LogP contribution in [0.2, 0.25) is 0 Å². The predicted molar refractivity (Wildman–Crippen MR) is 72.8 cm³/mol. The van der Waals surface area contributed by atoms with Gasteiger partial charge in [-0.05, 0) is 30.9 Å². The molecule has 1 amide bonds. The first kappa shape index (κ1) is 15.9. The molecule has 1 aromatic rings. The maximum atomic E-state index is 12.5. The molecule has 4 nitrogen and oxygen atoms in total. The minimum Gasteiger partial charge on any atom is -0.346 e. The van der Waals surface area contributed by atoms with Crippen LogP contribution < -0.4 is 11.1 Å². The van der Waals surface area contributed by atoms with Crippen molar-refractivity contribution in [1.82, 2.24) is 9.88 Å². The summed E-state index contributed by atoms with van der Waals surface area (Å²) in [5.41, 5.74) is 5.71. The molecule has 0 radical (unpaired) electrons. The monoisotopic (exact) mass is 303 g/mol. The zero-order chi connectivity index (χ0) is 15.5. The van der Waals surface area contributed by atoms with Gasteiger partial charge in [-0.2, -0.15) is 13.2 Å². The van der Waals surface area contributed by atoms with E-state index in [4.69, 9.17) is 5.73 Å². The molecule has 1 saturated carbocycles. The highest BCUT2D eigenvalue weighted by atomic mass is 19.4. The normalized spacial score (nSPS) is 17.9. The number of rotatable bonds is 5. The third kappa shape index (κ3) is 4.23. The third-order valence-electron chi connectivity index (χ3n) is 3.95. The van der Waals surface area contributed by atoms with Gasteiger partial charge < -0.3 is 15.6 Å². The third-order valence-corrected chi connectivity index (χ3v) is 3.95. The summed E-state index contributed by atoms with van der Waals surface area (Å²) >= 11 is 0. The first-order chi connectivity index (χ1) is 9.90. The van der Waals surface area contributed by atoms with Gasteiger partial charge in [0.25, 0.3) is 5.91 Å². The second-order valence-corrected chi connectivity index (χ2v) is 5.50. The fraction of sp³-hybridized carbons (Fsp3) is 0.643. The van der Waals surface area contributed by atoms with E-state index in [-0.39, 0.29) is 11.7 Å². The van der Waals surface area contributed by atoms with Crippen LogP contribution in [0.25, 0.3) is 0 Å². The van der Waals surface area contributed by atoms with Crippen molar-refractivity contribution in [2.75, 3.05) is 6.54 Å². The van der Waals surface area contributed by atoms with E-state index >= 15 is 0 Å². The summed E-state index contributed by atoms with van der Waals surface area (Å²) in [6.07, 6.45) is 1.14. The summed E-state index contributed by atoms with van der Waals surface area (Å²) in [6, 6.07) is 2.66. The highest BCUT2D eigenvalue weighted by Crippen LogP contribution is 2.27. The molecule has 0 bridgehead atoms. The predicted octanol–water partition coefficient (Wildman–Crippen LogP) is 2.30. The lowest BCUT2D eigenvalue weighted by atomic mass is 9.98. The molecule has 1 aliphatic rings. The Morgan fingerprint density at radius 2 is 2.10 bits per heavy atom. The lowest BCUT2D eigenvalue weighted by molar-refractivity contribution is -0.140. The highest BCUT2D eigenvalue weighted by molar-refractivity contribution is 5.93. The van der Waals surface area contributed by atoms with E-state index in [1.54, 1.807) is 0 Å². The molecule has 1 aromatic heterocycles. The van der Waals surface area contributed by atoms with Crippen LogP contribution in [-0.4, -0.2) is 29.2 Å². The van der Waals surface area contributed by atoms with Crippen LogP contribution in [0.4, 0.5) is 13.2 Å². The number of hydrogen-bond donors (Lipinski definition) is 2. The van der Waals surface area contributed by atoms with E-state index in [2.05, 4.69) is 5.32 Å². The van der Waals surface area contributed by atoms with Crippen LogP contribution in [0.1, 0.15) is 36.2 Å². The minimum atomic E-state index is -4.35. The van der Waals surface area contributed by atoms with E-state index in [9.17, 15) is 18.0 Å². The molecule has 2 rings (SSSR count). The summed E-state index contributed by atoms with van der Waals surface area (Å²) in [5.74, 6) is -0.170. The number of halogens is 3. The largest absolute Gasteiger partial charge is 0.406 e. The second kappa shape index (κ2) is 6.51. The highest BCUT2D eigenvalue weighted by Gasteiger charge is 2.30.